The fourth-order valence-electron chi connectivity index (χ4n) is 1.06. The summed E-state index contributed by atoms with van der Waals surface area (Å²) >= 11 is 5.39. The van der Waals surface area contributed by atoms with E-state index in [9.17, 15) is 4.79 Å². The van der Waals surface area contributed by atoms with Crippen LogP contribution in [0.25, 0.3) is 0 Å². The summed E-state index contributed by atoms with van der Waals surface area (Å²) in [7, 11) is 0. The second kappa shape index (κ2) is 3.96. The minimum Gasteiger partial charge on any atom is -0.343 e. The van der Waals surface area contributed by atoms with Crippen molar-refractivity contribution in [3.63, 3.8) is 0 Å². The van der Waals surface area contributed by atoms with E-state index in [4.69, 9.17) is 11.6 Å². The molecular formula is C8H13ClN4O. The van der Waals surface area contributed by atoms with E-state index in [1.807, 2.05) is 13.8 Å². The zero-order valence-corrected chi connectivity index (χ0v) is 9.14. The van der Waals surface area contributed by atoms with E-state index in [-0.39, 0.29) is 11.8 Å². The summed E-state index contributed by atoms with van der Waals surface area (Å²) in [6, 6.07) is 0. The number of carbonyl (C=O) groups excluding carboxylic acids is 1. The zero-order chi connectivity index (χ0) is 10.8. The summed E-state index contributed by atoms with van der Waals surface area (Å²) in [6.07, 6.45) is 0. The van der Waals surface area contributed by atoms with Crippen LogP contribution in [0.1, 0.15) is 25.5 Å². The van der Waals surface area contributed by atoms with Crippen molar-refractivity contribution >= 4 is 17.5 Å². The van der Waals surface area contributed by atoms with Gasteiger partial charge in [-0.1, -0.05) is 0 Å². The van der Waals surface area contributed by atoms with E-state index in [0.29, 0.717) is 11.6 Å². The van der Waals surface area contributed by atoms with Gasteiger partial charge in [0.1, 0.15) is 11.7 Å². The van der Waals surface area contributed by atoms with Gasteiger partial charge in [0.2, 0.25) is 5.91 Å². The number of hydrogen-bond donors (Lipinski definition) is 2. The quantitative estimate of drug-likeness (QED) is 0.731. The van der Waals surface area contributed by atoms with Gasteiger partial charge in [0.15, 0.2) is 5.82 Å². The Morgan fingerprint density at radius 3 is 2.71 bits per heavy atom. The van der Waals surface area contributed by atoms with Gasteiger partial charge in [-0.2, -0.15) is 5.10 Å². The van der Waals surface area contributed by atoms with Crippen molar-refractivity contribution < 1.29 is 4.79 Å². The van der Waals surface area contributed by atoms with Gasteiger partial charge in [0.05, 0.1) is 5.54 Å². The number of nitrogens with zero attached hydrogens (tertiary/aromatic N) is 2. The van der Waals surface area contributed by atoms with Crippen LogP contribution in [0.4, 0.5) is 0 Å². The summed E-state index contributed by atoms with van der Waals surface area (Å²) in [5, 5.41) is 9.42. The van der Waals surface area contributed by atoms with E-state index in [0.717, 1.165) is 0 Å². The van der Waals surface area contributed by atoms with Crippen LogP contribution in [0.15, 0.2) is 0 Å². The first kappa shape index (κ1) is 11.0. The maximum Gasteiger partial charge on any atom is 0.235 e. The lowest BCUT2D eigenvalue weighted by molar-refractivity contribution is -0.120. The highest BCUT2D eigenvalue weighted by Gasteiger charge is 2.26. The van der Waals surface area contributed by atoms with Gasteiger partial charge in [0.25, 0.3) is 0 Å². The second-order valence-electron chi connectivity index (χ2n) is 3.55. The molecule has 0 saturated carbocycles. The number of rotatable bonds is 3. The average Bonchev–Trinajstić information content (AvgIpc) is 2.51. The van der Waals surface area contributed by atoms with Gasteiger partial charge in [-0.3, -0.25) is 9.89 Å². The Labute approximate surface area is 87.3 Å². The fourth-order valence-corrected chi connectivity index (χ4v) is 1.13. The lowest BCUT2D eigenvalue weighted by atomic mass is 10.1. The average molecular weight is 217 g/mol. The van der Waals surface area contributed by atoms with Crippen molar-refractivity contribution in [3.05, 3.63) is 11.6 Å². The number of alkyl halides is 1. The Morgan fingerprint density at radius 2 is 2.29 bits per heavy atom. The topological polar surface area (TPSA) is 70.7 Å². The molecule has 0 unspecified atom stereocenters. The predicted molar refractivity (Wildman–Crippen MR) is 53.0 cm³/mol. The van der Waals surface area contributed by atoms with E-state index >= 15 is 0 Å². The Hall–Kier alpha value is -1.10. The first-order chi connectivity index (χ1) is 6.45. The monoisotopic (exact) mass is 216 g/mol. The number of hydrogen-bond acceptors (Lipinski definition) is 3. The van der Waals surface area contributed by atoms with Crippen LogP contribution in [0.2, 0.25) is 0 Å². The van der Waals surface area contributed by atoms with Crippen LogP contribution in [-0.2, 0) is 10.3 Å². The lowest BCUT2D eigenvalue weighted by Crippen LogP contribution is -2.42. The van der Waals surface area contributed by atoms with Crippen molar-refractivity contribution in [2.24, 2.45) is 0 Å². The van der Waals surface area contributed by atoms with Gasteiger partial charge in [0, 0.05) is 0 Å². The first-order valence-electron chi connectivity index (χ1n) is 4.22. The summed E-state index contributed by atoms with van der Waals surface area (Å²) in [6.45, 7) is 5.44. The molecule has 1 aromatic heterocycles. The molecular weight excluding hydrogens is 204 g/mol. The molecule has 0 spiro atoms. The highest BCUT2D eigenvalue weighted by Crippen LogP contribution is 2.14. The lowest BCUT2D eigenvalue weighted by Gasteiger charge is -2.22. The third-order valence-corrected chi connectivity index (χ3v) is 1.97. The van der Waals surface area contributed by atoms with Gasteiger partial charge in [-0.05, 0) is 20.8 Å². The summed E-state index contributed by atoms with van der Waals surface area (Å²) in [4.78, 5) is 15.2. The van der Waals surface area contributed by atoms with E-state index in [2.05, 4.69) is 20.5 Å². The van der Waals surface area contributed by atoms with Crippen LogP contribution in [0.3, 0.4) is 0 Å². The van der Waals surface area contributed by atoms with Crippen LogP contribution >= 0.6 is 11.6 Å². The number of aromatic amines is 1. The largest absolute Gasteiger partial charge is 0.343 e. The Morgan fingerprint density at radius 1 is 1.64 bits per heavy atom. The van der Waals surface area contributed by atoms with Crippen molar-refractivity contribution in [2.45, 2.75) is 26.3 Å². The molecule has 0 aliphatic rings. The fraction of sp³-hybridized carbons (Fsp3) is 0.625. The number of aryl methyl sites for hydroxylation is 1. The number of carbonyl (C=O) groups is 1. The molecule has 1 aromatic rings. The van der Waals surface area contributed by atoms with Crippen molar-refractivity contribution in [2.75, 3.05) is 5.88 Å². The molecule has 14 heavy (non-hydrogen) atoms. The zero-order valence-electron chi connectivity index (χ0n) is 8.39. The standard InChI is InChI=1S/C8H13ClN4O/c1-5-10-7(13-12-5)8(2,3)11-6(14)4-9/h4H2,1-3H3,(H,11,14)(H,10,12,13). The maximum atomic E-state index is 11.1. The molecule has 0 fully saturated rings. The van der Waals surface area contributed by atoms with Crippen molar-refractivity contribution in [1.82, 2.24) is 20.5 Å². The third-order valence-electron chi connectivity index (χ3n) is 1.73. The number of halogens is 1. The molecule has 0 aliphatic heterocycles. The first-order valence-corrected chi connectivity index (χ1v) is 4.75. The molecule has 0 radical (unpaired) electrons. The molecule has 0 aliphatic carbocycles. The number of H-pyrrole nitrogens is 1. The van der Waals surface area contributed by atoms with Gasteiger partial charge < -0.3 is 5.32 Å². The molecule has 0 atom stereocenters. The third kappa shape index (κ3) is 2.45. The van der Waals surface area contributed by atoms with E-state index in [1.54, 1.807) is 6.92 Å². The summed E-state index contributed by atoms with van der Waals surface area (Å²) in [5.41, 5.74) is -0.600. The molecule has 2 N–H and O–H groups in total. The molecule has 6 heteroatoms. The smallest absolute Gasteiger partial charge is 0.235 e. The van der Waals surface area contributed by atoms with E-state index in [1.165, 1.54) is 0 Å². The van der Waals surface area contributed by atoms with Crippen molar-refractivity contribution in [1.29, 1.82) is 0 Å². The maximum absolute atomic E-state index is 11.1. The second-order valence-corrected chi connectivity index (χ2v) is 3.82. The number of nitrogens with one attached hydrogen (secondary N) is 2. The van der Waals surface area contributed by atoms with Crippen LogP contribution in [0, 0.1) is 6.92 Å². The highest BCUT2D eigenvalue weighted by molar-refractivity contribution is 6.27. The molecule has 0 saturated heterocycles. The summed E-state index contributed by atoms with van der Waals surface area (Å²) in [5.74, 6) is 0.966. The SMILES string of the molecule is Cc1nc(C(C)(C)NC(=O)CCl)n[nH]1. The molecule has 1 heterocycles. The van der Waals surface area contributed by atoms with Gasteiger partial charge in [-0.25, -0.2) is 4.98 Å². The number of amides is 1. The highest BCUT2D eigenvalue weighted by atomic mass is 35.5. The molecule has 0 aromatic carbocycles. The normalized spacial score (nSPS) is 11.4. The molecule has 5 nitrogen and oxygen atoms in total. The molecule has 78 valence electrons. The van der Waals surface area contributed by atoms with Crippen LogP contribution in [-0.4, -0.2) is 27.0 Å². The Kier molecular flexibility index (Phi) is 3.10. The van der Waals surface area contributed by atoms with Crippen molar-refractivity contribution in [3.8, 4) is 0 Å². The molecule has 1 rings (SSSR count). The number of aromatic nitrogens is 3. The van der Waals surface area contributed by atoms with Crippen LogP contribution < -0.4 is 5.32 Å². The molecule has 1 amide bonds. The predicted octanol–water partition coefficient (Wildman–Crippen LogP) is 0.703. The van der Waals surface area contributed by atoms with E-state index < -0.39 is 5.54 Å². The minimum atomic E-state index is -0.600. The van der Waals surface area contributed by atoms with Crippen LogP contribution in [0.5, 0.6) is 0 Å². The van der Waals surface area contributed by atoms with Gasteiger partial charge >= 0.3 is 0 Å². The Bertz CT molecular complexity index is 334. The Balaban J connectivity index is 2.79. The van der Waals surface area contributed by atoms with Gasteiger partial charge in [-0.15, -0.1) is 11.6 Å². The minimum absolute atomic E-state index is 0.0627. The molecule has 0 bridgehead atoms. The summed E-state index contributed by atoms with van der Waals surface area (Å²) < 4.78 is 0.